The Morgan fingerprint density at radius 2 is 2.25 bits per heavy atom. The van der Waals surface area contributed by atoms with Gasteiger partial charge in [-0.15, -0.1) is 0 Å². The molecule has 1 aliphatic rings. The summed E-state index contributed by atoms with van der Waals surface area (Å²) in [5, 5.41) is 10.7. The van der Waals surface area contributed by atoms with Crippen LogP contribution in [-0.2, 0) is 4.79 Å². The molecule has 0 aliphatic carbocycles. The minimum Gasteiger partial charge on any atom is -0.394 e. The standard InChI is InChI=1S/C7H11F2NO2/c1-2-4-5(3-11)10-6(12)7(4,8)9/h4-5,11H,2-3H2,1H3,(H,10,12)/t4-,5?/m0/s1. The van der Waals surface area contributed by atoms with Crippen LogP contribution < -0.4 is 5.32 Å². The molecule has 0 radical (unpaired) electrons. The highest BCUT2D eigenvalue weighted by molar-refractivity contribution is 5.86. The molecule has 70 valence electrons. The molecule has 1 heterocycles. The maximum absolute atomic E-state index is 12.9. The monoisotopic (exact) mass is 179 g/mol. The molecule has 0 spiro atoms. The number of hydrogen-bond acceptors (Lipinski definition) is 2. The van der Waals surface area contributed by atoms with Crippen LogP contribution in [0, 0.1) is 5.92 Å². The second kappa shape index (κ2) is 2.97. The highest BCUT2D eigenvalue weighted by Crippen LogP contribution is 2.35. The molecule has 1 rings (SSSR count). The van der Waals surface area contributed by atoms with Crippen molar-refractivity contribution >= 4 is 5.91 Å². The van der Waals surface area contributed by atoms with Gasteiger partial charge in [-0.25, -0.2) is 0 Å². The molecule has 1 aliphatic heterocycles. The zero-order chi connectivity index (χ0) is 9.35. The second-order valence-electron chi connectivity index (χ2n) is 2.90. The zero-order valence-corrected chi connectivity index (χ0v) is 6.68. The van der Waals surface area contributed by atoms with Gasteiger partial charge in [0.15, 0.2) is 0 Å². The largest absolute Gasteiger partial charge is 0.394 e. The van der Waals surface area contributed by atoms with Gasteiger partial charge in [-0.1, -0.05) is 6.92 Å². The third-order valence-electron chi connectivity index (χ3n) is 2.21. The number of alkyl halides is 2. The van der Waals surface area contributed by atoms with Crippen molar-refractivity contribution in [1.82, 2.24) is 5.32 Å². The molecule has 0 bridgehead atoms. The molecule has 0 aromatic rings. The fourth-order valence-electron chi connectivity index (χ4n) is 1.50. The maximum atomic E-state index is 12.9. The molecule has 0 saturated carbocycles. The molecule has 1 amide bonds. The van der Waals surface area contributed by atoms with Crippen LogP contribution in [0.1, 0.15) is 13.3 Å². The highest BCUT2D eigenvalue weighted by Gasteiger charge is 2.55. The third-order valence-corrected chi connectivity index (χ3v) is 2.21. The van der Waals surface area contributed by atoms with Crippen molar-refractivity contribution in [2.45, 2.75) is 25.3 Å². The molecule has 1 unspecified atom stereocenters. The molecule has 0 aromatic carbocycles. The second-order valence-corrected chi connectivity index (χ2v) is 2.90. The summed E-state index contributed by atoms with van der Waals surface area (Å²) >= 11 is 0. The Labute approximate surface area is 68.8 Å². The first-order chi connectivity index (χ1) is 5.54. The molecule has 12 heavy (non-hydrogen) atoms. The zero-order valence-electron chi connectivity index (χ0n) is 6.68. The number of carbonyl (C=O) groups excluding carboxylic acids is 1. The van der Waals surface area contributed by atoms with Crippen molar-refractivity contribution in [2.24, 2.45) is 5.92 Å². The van der Waals surface area contributed by atoms with Crippen LogP contribution in [0.5, 0.6) is 0 Å². The lowest BCUT2D eigenvalue weighted by Gasteiger charge is -2.17. The number of aliphatic hydroxyl groups is 1. The Hall–Kier alpha value is -0.710. The van der Waals surface area contributed by atoms with E-state index in [2.05, 4.69) is 5.32 Å². The number of carbonyl (C=O) groups is 1. The van der Waals surface area contributed by atoms with Gasteiger partial charge < -0.3 is 10.4 Å². The Morgan fingerprint density at radius 1 is 1.67 bits per heavy atom. The van der Waals surface area contributed by atoms with Gasteiger partial charge in [-0.3, -0.25) is 4.79 Å². The van der Waals surface area contributed by atoms with Gasteiger partial charge in [0.1, 0.15) is 0 Å². The van der Waals surface area contributed by atoms with E-state index in [0.717, 1.165) is 0 Å². The summed E-state index contributed by atoms with van der Waals surface area (Å²) in [4.78, 5) is 10.7. The van der Waals surface area contributed by atoms with Crippen LogP contribution in [0.15, 0.2) is 0 Å². The number of amides is 1. The van der Waals surface area contributed by atoms with Crippen molar-refractivity contribution in [3.05, 3.63) is 0 Å². The van der Waals surface area contributed by atoms with Crippen molar-refractivity contribution in [3.63, 3.8) is 0 Å². The Balaban J connectivity index is 2.83. The smallest absolute Gasteiger partial charge is 0.329 e. The van der Waals surface area contributed by atoms with Gasteiger partial charge in [-0.2, -0.15) is 8.78 Å². The van der Waals surface area contributed by atoms with Crippen LogP contribution in [0.3, 0.4) is 0 Å². The predicted octanol–water partition coefficient (Wildman–Crippen LogP) is 0.139. The first kappa shape index (κ1) is 9.38. The lowest BCUT2D eigenvalue weighted by molar-refractivity contribution is -0.144. The van der Waals surface area contributed by atoms with E-state index in [-0.39, 0.29) is 6.42 Å². The van der Waals surface area contributed by atoms with E-state index in [1.807, 2.05) is 0 Å². The first-order valence-corrected chi connectivity index (χ1v) is 3.83. The predicted molar refractivity (Wildman–Crippen MR) is 37.7 cm³/mol. The van der Waals surface area contributed by atoms with E-state index >= 15 is 0 Å². The fraction of sp³-hybridized carbons (Fsp3) is 0.857. The molecule has 3 nitrogen and oxygen atoms in total. The minimum absolute atomic E-state index is 0.178. The minimum atomic E-state index is -3.32. The van der Waals surface area contributed by atoms with E-state index < -0.39 is 30.4 Å². The number of halogens is 2. The van der Waals surface area contributed by atoms with Gasteiger partial charge in [0, 0.05) is 0 Å². The summed E-state index contributed by atoms with van der Waals surface area (Å²) in [5.41, 5.74) is 0. The molecular weight excluding hydrogens is 168 g/mol. The molecule has 1 saturated heterocycles. The highest BCUT2D eigenvalue weighted by atomic mass is 19.3. The quantitative estimate of drug-likeness (QED) is 0.633. The Bertz CT molecular complexity index is 196. The summed E-state index contributed by atoms with van der Waals surface area (Å²) in [6.07, 6.45) is 0.178. The van der Waals surface area contributed by atoms with Crippen LogP contribution in [0.2, 0.25) is 0 Å². The molecule has 1 fully saturated rings. The van der Waals surface area contributed by atoms with Gasteiger partial charge in [0.2, 0.25) is 0 Å². The normalized spacial score (nSPS) is 33.5. The number of hydrogen-bond donors (Lipinski definition) is 2. The summed E-state index contributed by atoms with van der Waals surface area (Å²) in [6.45, 7) is 1.14. The first-order valence-electron chi connectivity index (χ1n) is 3.83. The lowest BCUT2D eigenvalue weighted by atomic mass is 9.95. The number of aliphatic hydroxyl groups excluding tert-OH is 1. The van der Waals surface area contributed by atoms with Crippen molar-refractivity contribution in [1.29, 1.82) is 0 Å². The number of rotatable bonds is 2. The Kier molecular flexibility index (Phi) is 2.32. The van der Waals surface area contributed by atoms with Crippen molar-refractivity contribution in [3.8, 4) is 0 Å². The van der Waals surface area contributed by atoms with Crippen molar-refractivity contribution < 1.29 is 18.7 Å². The van der Waals surface area contributed by atoms with E-state index in [0.29, 0.717) is 0 Å². The summed E-state index contributed by atoms with van der Waals surface area (Å²) in [6, 6.07) is -0.794. The molecule has 2 atom stereocenters. The molecular formula is C7H11F2NO2. The molecule has 5 heteroatoms. The topological polar surface area (TPSA) is 49.3 Å². The van der Waals surface area contributed by atoms with Crippen LogP contribution in [0.4, 0.5) is 8.78 Å². The van der Waals surface area contributed by atoms with E-state index in [1.54, 1.807) is 6.92 Å². The van der Waals surface area contributed by atoms with E-state index in [4.69, 9.17) is 5.11 Å². The van der Waals surface area contributed by atoms with Crippen LogP contribution in [0.25, 0.3) is 0 Å². The average Bonchev–Trinajstić information content (AvgIpc) is 2.23. The molecule has 2 N–H and O–H groups in total. The molecule has 0 aromatic heterocycles. The summed E-state index contributed by atoms with van der Waals surface area (Å²) < 4.78 is 25.8. The van der Waals surface area contributed by atoms with Gasteiger partial charge in [0.05, 0.1) is 18.6 Å². The van der Waals surface area contributed by atoms with Gasteiger partial charge >= 0.3 is 5.92 Å². The fourth-order valence-corrected chi connectivity index (χ4v) is 1.50. The van der Waals surface area contributed by atoms with E-state index in [1.165, 1.54) is 0 Å². The van der Waals surface area contributed by atoms with Crippen molar-refractivity contribution in [2.75, 3.05) is 6.61 Å². The SMILES string of the molecule is CC[C@H]1C(CO)NC(=O)C1(F)F. The summed E-state index contributed by atoms with van der Waals surface area (Å²) in [7, 11) is 0. The summed E-state index contributed by atoms with van der Waals surface area (Å²) in [5.74, 6) is -5.66. The van der Waals surface area contributed by atoms with Crippen LogP contribution >= 0.6 is 0 Å². The number of nitrogens with one attached hydrogen (secondary N) is 1. The maximum Gasteiger partial charge on any atom is 0.329 e. The van der Waals surface area contributed by atoms with Crippen LogP contribution in [-0.4, -0.2) is 29.6 Å². The lowest BCUT2D eigenvalue weighted by Crippen LogP contribution is -2.33. The third kappa shape index (κ3) is 1.18. The van der Waals surface area contributed by atoms with Gasteiger partial charge in [-0.05, 0) is 6.42 Å². The van der Waals surface area contributed by atoms with Gasteiger partial charge in [0.25, 0.3) is 5.91 Å². The van der Waals surface area contributed by atoms with E-state index in [9.17, 15) is 13.6 Å². The average molecular weight is 179 g/mol. The Morgan fingerprint density at radius 3 is 2.58 bits per heavy atom.